The zero-order valence-corrected chi connectivity index (χ0v) is 25.4. The Morgan fingerprint density at radius 3 is 2.82 bits per heavy atom. The molecule has 3 aromatic heterocycles. The van der Waals surface area contributed by atoms with Crippen LogP contribution in [0.2, 0.25) is 0 Å². The molecule has 3 unspecified atom stereocenters. The number of H-pyrrole nitrogens is 1. The summed E-state index contributed by atoms with van der Waals surface area (Å²) in [5.74, 6) is 0.847. The Kier molecular flexibility index (Phi) is 7.77. The number of pyridine rings is 2. The maximum Gasteiger partial charge on any atom is 0.335 e. The van der Waals surface area contributed by atoms with Crippen molar-refractivity contribution in [2.75, 3.05) is 36.5 Å². The number of aromatic amines is 1. The first-order chi connectivity index (χ1) is 21.0. The second-order valence-electron chi connectivity index (χ2n) is 12.6. The molecule has 5 heterocycles. The van der Waals surface area contributed by atoms with E-state index in [1.165, 1.54) is 0 Å². The second kappa shape index (κ2) is 11.6. The molecule has 2 aliphatic heterocycles. The zero-order valence-electron chi connectivity index (χ0n) is 25.4. The van der Waals surface area contributed by atoms with Crippen LogP contribution < -0.4 is 15.8 Å². The lowest BCUT2D eigenvalue weighted by Gasteiger charge is -2.39. The predicted molar refractivity (Wildman–Crippen MR) is 166 cm³/mol. The Morgan fingerprint density at radius 2 is 2.09 bits per heavy atom. The lowest BCUT2D eigenvalue weighted by Crippen LogP contribution is -2.47. The first-order valence-electron chi connectivity index (χ1n) is 14.9. The molecule has 6 rings (SSSR count). The van der Waals surface area contributed by atoms with Crippen molar-refractivity contribution >= 4 is 45.1 Å². The first kappa shape index (κ1) is 29.6. The van der Waals surface area contributed by atoms with E-state index in [0.717, 1.165) is 35.5 Å². The largest absolute Gasteiger partial charge is 0.458 e. The molecule has 2 saturated heterocycles. The molecule has 12 heteroatoms. The minimum absolute atomic E-state index is 0.0688. The molecule has 1 aromatic carbocycles. The Bertz CT molecular complexity index is 1790. The van der Waals surface area contributed by atoms with Crippen LogP contribution in [0, 0.1) is 11.3 Å². The molecule has 4 aromatic rings. The van der Waals surface area contributed by atoms with Crippen LogP contribution in [0.25, 0.3) is 21.8 Å². The number of carbonyl (C=O) groups is 1. The molecular weight excluding hydrogens is 562 g/mol. The fourth-order valence-electron chi connectivity index (χ4n) is 5.95. The summed E-state index contributed by atoms with van der Waals surface area (Å²) in [4.78, 5) is 35.6. The fraction of sp³-hybridized carbons (Fsp3) is 0.469. The Balaban J connectivity index is 1.30. The molecule has 0 radical (unpaired) electrons. The summed E-state index contributed by atoms with van der Waals surface area (Å²) < 4.78 is 18.9. The van der Waals surface area contributed by atoms with Crippen LogP contribution in [0.1, 0.15) is 47.0 Å². The lowest BCUT2D eigenvalue weighted by atomic mass is 9.87. The van der Waals surface area contributed by atoms with Gasteiger partial charge in [0.25, 0.3) is 5.56 Å². The van der Waals surface area contributed by atoms with Gasteiger partial charge in [-0.3, -0.25) is 9.48 Å². The molecule has 2 aliphatic rings. The van der Waals surface area contributed by atoms with Gasteiger partial charge in [0.15, 0.2) is 11.9 Å². The number of fused-ring (bicyclic) bond motifs is 2. The monoisotopic (exact) mass is 599 g/mol. The van der Waals surface area contributed by atoms with Crippen LogP contribution in [0.4, 0.5) is 17.3 Å². The number of rotatable bonds is 6. The van der Waals surface area contributed by atoms with Crippen LogP contribution >= 0.6 is 0 Å². The quantitative estimate of drug-likeness (QED) is 0.306. The van der Waals surface area contributed by atoms with Gasteiger partial charge in [0.2, 0.25) is 0 Å². The summed E-state index contributed by atoms with van der Waals surface area (Å²) in [7, 11) is 0. The summed E-state index contributed by atoms with van der Waals surface area (Å²) in [6.07, 6.45) is 1.87. The molecule has 0 saturated carbocycles. The van der Waals surface area contributed by atoms with Gasteiger partial charge < -0.3 is 29.4 Å². The average Bonchev–Trinajstić information content (AvgIpc) is 3.36. The third kappa shape index (κ3) is 5.85. The Morgan fingerprint density at radius 1 is 1.25 bits per heavy atom. The topological polar surface area (TPSA) is 147 Å². The molecule has 12 nitrogen and oxygen atoms in total. The SMILES string of the molecule is CC1CN(c2ccc3cc(Nc4nn(C5(CC#N)CCC(C(=O)OC(C)(C)C)OC5)c5cc[nH]c(=O)c45)ccc3n2)CCO1. The number of esters is 1. The number of benzene rings is 1. The van der Waals surface area contributed by atoms with E-state index in [1.54, 1.807) is 16.9 Å². The number of nitrogens with zero attached hydrogens (tertiary/aromatic N) is 5. The van der Waals surface area contributed by atoms with E-state index in [9.17, 15) is 14.9 Å². The number of nitriles is 1. The smallest absolute Gasteiger partial charge is 0.335 e. The highest BCUT2D eigenvalue weighted by Crippen LogP contribution is 2.38. The van der Waals surface area contributed by atoms with Crippen LogP contribution in [0.15, 0.2) is 47.4 Å². The van der Waals surface area contributed by atoms with Gasteiger partial charge in [-0.25, -0.2) is 9.78 Å². The second-order valence-corrected chi connectivity index (χ2v) is 12.6. The summed E-state index contributed by atoms with van der Waals surface area (Å²) in [5, 5.41) is 19.3. The predicted octanol–water partition coefficient (Wildman–Crippen LogP) is 4.37. The van der Waals surface area contributed by atoms with Crippen molar-refractivity contribution in [3.8, 4) is 6.07 Å². The number of anilines is 3. The number of hydrogen-bond donors (Lipinski definition) is 2. The van der Waals surface area contributed by atoms with Gasteiger partial charge in [0.05, 0.1) is 48.4 Å². The normalized spacial score (nSPS) is 22.6. The highest BCUT2D eigenvalue weighted by molar-refractivity contribution is 5.92. The molecule has 2 fully saturated rings. The van der Waals surface area contributed by atoms with Gasteiger partial charge in [-0.2, -0.15) is 10.4 Å². The van der Waals surface area contributed by atoms with Gasteiger partial charge in [-0.05, 0) is 76.9 Å². The molecule has 0 spiro atoms. The van der Waals surface area contributed by atoms with E-state index in [2.05, 4.69) is 28.2 Å². The van der Waals surface area contributed by atoms with Crippen molar-refractivity contribution in [1.29, 1.82) is 5.26 Å². The summed E-state index contributed by atoms with van der Waals surface area (Å²) in [5.41, 5.74) is 0.341. The van der Waals surface area contributed by atoms with Crippen molar-refractivity contribution in [1.82, 2.24) is 19.7 Å². The first-order valence-corrected chi connectivity index (χ1v) is 14.9. The van der Waals surface area contributed by atoms with E-state index >= 15 is 0 Å². The van der Waals surface area contributed by atoms with Crippen LogP contribution in [-0.2, 0) is 24.5 Å². The number of hydrogen-bond acceptors (Lipinski definition) is 10. The van der Waals surface area contributed by atoms with E-state index in [0.29, 0.717) is 36.2 Å². The summed E-state index contributed by atoms with van der Waals surface area (Å²) in [6.45, 7) is 9.83. The van der Waals surface area contributed by atoms with Gasteiger partial charge in [0.1, 0.15) is 16.8 Å². The minimum Gasteiger partial charge on any atom is -0.458 e. The van der Waals surface area contributed by atoms with E-state index in [4.69, 9.17) is 24.3 Å². The number of aromatic nitrogens is 4. The highest BCUT2D eigenvalue weighted by Gasteiger charge is 2.43. The zero-order chi connectivity index (χ0) is 31.1. The van der Waals surface area contributed by atoms with Gasteiger partial charge in [0, 0.05) is 30.4 Å². The summed E-state index contributed by atoms with van der Waals surface area (Å²) in [6, 6.07) is 13.9. The van der Waals surface area contributed by atoms with Crippen molar-refractivity contribution in [3.05, 3.63) is 52.9 Å². The van der Waals surface area contributed by atoms with Crippen LogP contribution in [0.5, 0.6) is 0 Å². The highest BCUT2D eigenvalue weighted by atomic mass is 16.6. The number of carbonyl (C=O) groups excluding carboxylic acids is 1. The van der Waals surface area contributed by atoms with E-state index in [1.807, 2.05) is 51.1 Å². The van der Waals surface area contributed by atoms with Crippen molar-refractivity contribution < 1.29 is 19.0 Å². The van der Waals surface area contributed by atoms with Crippen molar-refractivity contribution in [2.45, 2.75) is 70.3 Å². The van der Waals surface area contributed by atoms with Gasteiger partial charge in [-0.15, -0.1) is 0 Å². The molecule has 0 aliphatic carbocycles. The molecule has 44 heavy (non-hydrogen) atoms. The molecule has 0 amide bonds. The third-order valence-corrected chi connectivity index (χ3v) is 8.06. The fourth-order valence-corrected chi connectivity index (χ4v) is 5.95. The molecule has 3 atom stereocenters. The lowest BCUT2D eigenvalue weighted by molar-refractivity contribution is -0.176. The number of nitrogens with one attached hydrogen (secondary N) is 2. The maximum atomic E-state index is 13.1. The molecule has 2 N–H and O–H groups in total. The Hall–Kier alpha value is -4.47. The van der Waals surface area contributed by atoms with Crippen LogP contribution in [0.3, 0.4) is 0 Å². The van der Waals surface area contributed by atoms with Crippen molar-refractivity contribution in [3.63, 3.8) is 0 Å². The number of ether oxygens (including phenoxy) is 3. The van der Waals surface area contributed by atoms with E-state index in [-0.39, 0.29) is 24.7 Å². The minimum atomic E-state index is -0.875. The van der Waals surface area contributed by atoms with E-state index < -0.39 is 23.2 Å². The maximum absolute atomic E-state index is 13.1. The van der Waals surface area contributed by atoms with Gasteiger partial charge in [-0.1, -0.05) is 0 Å². The standard InChI is InChI=1S/C32H37N7O5/c1-20-18-38(15-16-42-20)26-8-5-21-17-22(6-7-23(21)36-26)35-28-27-24(10-14-34-29(27)40)39(37-28)32(12-13-33)11-9-25(43-19-32)30(41)44-31(2,3)4/h5-8,10,14,17,20,25H,9,11-12,15-16,18-19H2,1-4H3,(H,34,40)(H,35,37). The molecule has 230 valence electrons. The molecule has 0 bridgehead atoms. The number of morpholine rings is 1. The third-order valence-electron chi connectivity index (χ3n) is 8.06. The van der Waals surface area contributed by atoms with Crippen molar-refractivity contribution in [2.24, 2.45) is 0 Å². The van der Waals surface area contributed by atoms with Crippen LogP contribution in [-0.4, -0.2) is 69.8 Å². The Labute approximate surface area is 254 Å². The van der Waals surface area contributed by atoms with Gasteiger partial charge >= 0.3 is 5.97 Å². The average molecular weight is 600 g/mol. The molecular formula is C32H37N7O5. The summed E-state index contributed by atoms with van der Waals surface area (Å²) >= 11 is 0.